The van der Waals surface area contributed by atoms with Crippen LogP contribution < -0.4 is 10.5 Å². The zero-order valence-corrected chi connectivity index (χ0v) is 9.33. The third-order valence-corrected chi connectivity index (χ3v) is 3.22. The highest BCUT2D eigenvalue weighted by atomic mass is 16.5. The van der Waals surface area contributed by atoms with Crippen LogP contribution in [0.25, 0.3) is 0 Å². The summed E-state index contributed by atoms with van der Waals surface area (Å²) >= 11 is 0. The van der Waals surface area contributed by atoms with Gasteiger partial charge in [0.1, 0.15) is 5.75 Å². The molecule has 2 rings (SSSR count). The number of hydrogen-bond acceptors (Lipinski definition) is 2. The minimum absolute atomic E-state index is 0.147. The standard InChI is InChI=1S/C13H19NO/c1-2-15-12-8-4-3-7-11(12)13(14)9-5-6-10-13/h3-4,7-8H,2,5-6,9-10,14H2,1H3. The number of benzene rings is 1. The number of para-hydroxylation sites is 1. The van der Waals surface area contributed by atoms with Crippen LogP contribution in [0.5, 0.6) is 5.75 Å². The molecule has 82 valence electrons. The van der Waals surface area contributed by atoms with Crippen molar-refractivity contribution in [1.29, 1.82) is 0 Å². The molecule has 0 aliphatic heterocycles. The molecule has 2 N–H and O–H groups in total. The van der Waals surface area contributed by atoms with Crippen molar-refractivity contribution >= 4 is 0 Å². The molecule has 0 bridgehead atoms. The van der Waals surface area contributed by atoms with Crippen molar-refractivity contribution in [2.75, 3.05) is 6.61 Å². The van der Waals surface area contributed by atoms with Gasteiger partial charge in [-0.05, 0) is 25.8 Å². The van der Waals surface area contributed by atoms with Crippen LogP contribution >= 0.6 is 0 Å². The van der Waals surface area contributed by atoms with Crippen molar-refractivity contribution < 1.29 is 4.74 Å². The molecule has 1 fully saturated rings. The van der Waals surface area contributed by atoms with Gasteiger partial charge in [0.2, 0.25) is 0 Å². The SMILES string of the molecule is CCOc1ccccc1C1(N)CCCC1. The highest BCUT2D eigenvalue weighted by molar-refractivity contribution is 5.39. The average Bonchev–Trinajstić information content (AvgIpc) is 2.68. The molecule has 0 saturated heterocycles. The van der Waals surface area contributed by atoms with Gasteiger partial charge in [0.05, 0.1) is 6.61 Å². The summed E-state index contributed by atoms with van der Waals surface area (Å²) < 4.78 is 5.63. The van der Waals surface area contributed by atoms with E-state index in [4.69, 9.17) is 10.5 Å². The van der Waals surface area contributed by atoms with Crippen LogP contribution in [-0.4, -0.2) is 6.61 Å². The number of nitrogens with two attached hydrogens (primary N) is 1. The summed E-state index contributed by atoms with van der Waals surface area (Å²) in [4.78, 5) is 0. The Hall–Kier alpha value is -1.02. The van der Waals surface area contributed by atoms with E-state index in [1.54, 1.807) is 0 Å². The van der Waals surface area contributed by atoms with Gasteiger partial charge in [-0.1, -0.05) is 31.0 Å². The summed E-state index contributed by atoms with van der Waals surface area (Å²) in [5.41, 5.74) is 7.47. The summed E-state index contributed by atoms with van der Waals surface area (Å²) in [6.07, 6.45) is 4.63. The predicted octanol–water partition coefficient (Wildman–Crippen LogP) is 2.81. The molecule has 1 aliphatic carbocycles. The fourth-order valence-electron chi connectivity index (χ4n) is 2.43. The van der Waals surface area contributed by atoms with Gasteiger partial charge in [0.15, 0.2) is 0 Å². The van der Waals surface area contributed by atoms with Gasteiger partial charge in [0, 0.05) is 11.1 Å². The Bertz CT molecular complexity index is 329. The smallest absolute Gasteiger partial charge is 0.124 e. The fraction of sp³-hybridized carbons (Fsp3) is 0.538. The molecular weight excluding hydrogens is 186 g/mol. The molecule has 2 heteroatoms. The van der Waals surface area contributed by atoms with Crippen LogP contribution in [0.3, 0.4) is 0 Å². The number of hydrogen-bond donors (Lipinski definition) is 1. The van der Waals surface area contributed by atoms with Crippen LogP contribution in [0.15, 0.2) is 24.3 Å². The Balaban J connectivity index is 2.33. The first-order chi connectivity index (χ1) is 7.26. The summed E-state index contributed by atoms with van der Waals surface area (Å²) in [6.45, 7) is 2.71. The lowest BCUT2D eigenvalue weighted by Crippen LogP contribution is -2.33. The molecule has 0 unspecified atom stereocenters. The van der Waals surface area contributed by atoms with Crippen molar-refractivity contribution in [2.24, 2.45) is 5.73 Å². The van der Waals surface area contributed by atoms with Crippen LogP contribution in [0.4, 0.5) is 0 Å². The zero-order chi connectivity index (χ0) is 10.7. The molecular formula is C13H19NO. The van der Waals surface area contributed by atoms with E-state index in [2.05, 4.69) is 6.07 Å². The second-order valence-electron chi connectivity index (χ2n) is 4.29. The lowest BCUT2D eigenvalue weighted by atomic mass is 9.89. The third-order valence-electron chi connectivity index (χ3n) is 3.22. The predicted molar refractivity (Wildman–Crippen MR) is 61.9 cm³/mol. The molecule has 1 aromatic carbocycles. The molecule has 1 saturated carbocycles. The monoisotopic (exact) mass is 205 g/mol. The van der Waals surface area contributed by atoms with E-state index >= 15 is 0 Å². The summed E-state index contributed by atoms with van der Waals surface area (Å²) in [5.74, 6) is 0.962. The van der Waals surface area contributed by atoms with Crippen LogP contribution in [0, 0.1) is 0 Å². The first-order valence-electron chi connectivity index (χ1n) is 5.77. The maximum atomic E-state index is 6.43. The third kappa shape index (κ3) is 2.00. The van der Waals surface area contributed by atoms with Gasteiger partial charge in [-0.3, -0.25) is 0 Å². The van der Waals surface area contributed by atoms with Gasteiger partial charge < -0.3 is 10.5 Å². The van der Waals surface area contributed by atoms with Crippen LogP contribution in [0.2, 0.25) is 0 Å². The van der Waals surface area contributed by atoms with Crippen molar-refractivity contribution in [1.82, 2.24) is 0 Å². The van der Waals surface area contributed by atoms with Crippen molar-refractivity contribution in [3.63, 3.8) is 0 Å². The minimum Gasteiger partial charge on any atom is -0.494 e. The second-order valence-corrected chi connectivity index (χ2v) is 4.29. The molecule has 0 amide bonds. The Morgan fingerprint density at radius 3 is 2.60 bits per heavy atom. The van der Waals surface area contributed by atoms with E-state index in [0.29, 0.717) is 6.61 Å². The molecule has 15 heavy (non-hydrogen) atoms. The quantitative estimate of drug-likeness (QED) is 0.823. The maximum Gasteiger partial charge on any atom is 0.124 e. The summed E-state index contributed by atoms with van der Waals surface area (Å²) in [5, 5.41) is 0. The Kier molecular flexibility index (Phi) is 2.96. The van der Waals surface area contributed by atoms with Crippen LogP contribution in [0.1, 0.15) is 38.2 Å². The lowest BCUT2D eigenvalue weighted by molar-refractivity contribution is 0.322. The highest BCUT2D eigenvalue weighted by Crippen LogP contribution is 2.40. The number of ether oxygens (including phenoxy) is 1. The normalized spacial score (nSPS) is 19.1. The first-order valence-corrected chi connectivity index (χ1v) is 5.77. The van der Waals surface area contributed by atoms with Gasteiger partial charge in [-0.2, -0.15) is 0 Å². The molecule has 1 aliphatic rings. The van der Waals surface area contributed by atoms with Gasteiger partial charge in [-0.15, -0.1) is 0 Å². The van der Waals surface area contributed by atoms with E-state index in [0.717, 1.165) is 18.6 Å². The molecule has 0 radical (unpaired) electrons. The number of rotatable bonds is 3. The van der Waals surface area contributed by atoms with E-state index in [1.165, 1.54) is 18.4 Å². The molecule has 0 spiro atoms. The molecule has 1 aromatic rings. The molecule has 0 heterocycles. The Labute approximate surface area is 91.4 Å². The summed E-state index contributed by atoms with van der Waals surface area (Å²) in [7, 11) is 0. The van der Waals surface area contributed by atoms with Gasteiger partial charge >= 0.3 is 0 Å². The zero-order valence-electron chi connectivity index (χ0n) is 9.33. The molecule has 0 atom stereocenters. The molecule has 2 nitrogen and oxygen atoms in total. The fourth-order valence-corrected chi connectivity index (χ4v) is 2.43. The maximum absolute atomic E-state index is 6.43. The topological polar surface area (TPSA) is 35.2 Å². The van der Waals surface area contributed by atoms with Crippen molar-refractivity contribution in [3.05, 3.63) is 29.8 Å². The van der Waals surface area contributed by atoms with Gasteiger partial charge in [-0.25, -0.2) is 0 Å². The Morgan fingerprint density at radius 1 is 1.27 bits per heavy atom. The van der Waals surface area contributed by atoms with E-state index in [-0.39, 0.29) is 5.54 Å². The van der Waals surface area contributed by atoms with Crippen LogP contribution in [-0.2, 0) is 5.54 Å². The summed E-state index contributed by atoms with van der Waals surface area (Å²) in [6, 6.07) is 8.18. The van der Waals surface area contributed by atoms with Gasteiger partial charge in [0.25, 0.3) is 0 Å². The van der Waals surface area contributed by atoms with Crippen molar-refractivity contribution in [2.45, 2.75) is 38.1 Å². The van der Waals surface area contributed by atoms with E-state index < -0.39 is 0 Å². The van der Waals surface area contributed by atoms with Crippen molar-refractivity contribution in [3.8, 4) is 5.75 Å². The minimum atomic E-state index is -0.147. The lowest BCUT2D eigenvalue weighted by Gasteiger charge is -2.26. The average molecular weight is 205 g/mol. The second kappa shape index (κ2) is 4.23. The van der Waals surface area contributed by atoms with E-state index in [9.17, 15) is 0 Å². The highest BCUT2D eigenvalue weighted by Gasteiger charge is 2.33. The van der Waals surface area contributed by atoms with E-state index in [1.807, 2.05) is 25.1 Å². The Morgan fingerprint density at radius 2 is 1.93 bits per heavy atom. The molecule has 0 aromatic heterocycles. The largest absolute Gasteiger partial charge is 0.494 e. The first kappa shape index (κ1) is 10.5.